The Bertz CT molecular complexity index is 574. The van der Waals surface area contributed by atoms with E-state index in [-0.39, 0.29) is 0 Å². The standard InChI is InChI=1S/C16H17N3/c1-3-4-5-8-15-14(7-6-9-18-15)13(2)16-12-17-10-11-19-16/h5-12H,2-4H2,1H3. The van der Waals surface area contributed by atoms with Crippen molar-refractivity contribution >= 4 is 11.6 Å². The van der Waals surface area contributed by atoms with Gasteiger partial charge >= 0.3 is 0 Å². The van der Waals surface area contributed by atoms with E-state index in [2.05, 4.69) is 34.5 Å². The Morgan fingerprint density at radius 1 is 1.26 bits per heavy atom. The van der Waals surface area contributed by atoms with Crippen molar-refractivity contribution in [2.24, 2.45) is 0 Å². The second kappa shape index (κ2) is 6.59. The zero-order chi connectivity index (χ0) is 13.5. The van der Waals surface area contributed by atoms with Gasteiger partial charge in [-0.3, -0.25) is 15.0 Å². The van der Waals surface area contributed by atoms with E-state index in [1.807, 2.05) is 18.2 Å². The van der Waals surface area contributed by atoms with E-state index in [9.17, 15) is 0 Å². The highest BCUT2D eigenvalue weighted by Gasteiger charge is 2.07. The summed E-state index contributed by atoms with van der Waals surface area (Å²) in [5.41, 5.74) is 3.54. The molecule has 0 aliphatic heterocycles. The molecule has 0 aliphatic carbocycles. The van der Waals surface area contributed by atoms with E-state index in [1.165, 1.54) is 0 Å². The minimum Gasteiger partial charge on any atom is -0.261 e. The number of unbranched alkanes of at least 4 members (excludes halogenated alkanes) is 1. The molecule has 0 saturated heterocycles. The maximum atomic E-state index is 4.40. The molecule has 96 valence electrons. The van der Waals surface area contributed by atoms with Crippen molar-refractivity contribution < 1.29 is 0 Å². The van der Waals surface area contributed by atoms with E-state index in [0.29, 0.717) is 0 Å². The van der Waals surface area contributed by atoms with Crippen LogP contribution in [0.4, 0.5) is 0 Å². The normalized spacial score (nSPS) is 10.8. The number of allylic oxidation sites excluding steroid dienone is 1. The molecule has 0 fully saturated rings. The van der Waals surface area contributed by atoms with Crippen LogP contribution in [0.25, 0.3) is 11.6 Å². The first-order valence-electron chi connectivity index (χ1n) is 6.40. The van der Waals surface area contributed by atoms with E-state index in [1.54, 1.807) is 24.8 Å². The van der Waals surface area contributed by atoms with Crippen molar-refractivity contribution in [3.8, 4) is 0 Å². The van der Waals surface area contributed by atoms with Crippen molar-refractivity contribution in [3.05, 3.63) is 66.5 Å². The maximum absolute atomic E-state index is 4.40. The molecule has 0 radical (unpaired) electrons. The Hall–Kier alpha value is -2.29. The summed E-state index contributed by atoms with van der Waals surface area (Å²) < 4.78 is 0. The van der Waals surface area contributed by atoms with Crippen molar-refractivity contribution in [3.63, 3.8) is 0 Å². The smallest absolute Gasteiger partial charge is 0.0886 e. The average molecular weight is 251 g/mol. The van der Waals surface area contributed by atoms with Gasteiger partial charge < -0.3 is 0 Å². The second-order valence-electron chi connectivity index (χ2n) is 4.20. The van der Waals surface area contributed by atoms with Gasteiger partial charge in [0.1, 0.15) is 0 Å². The second-order valence-corrected chi connectivity index (χ2v) is 4.20. The zero-order valence-electron chi connectivity index (χ0n) is 11.1. The first kappa shape index (κ1) is 13.1. The molecule has 0 spiro atoms. The third-order valence-corrected chi connectivity index (χ3v) is 2.77. The molecule has 0 aliphatic rings. The van der Waals surface area contributed by atoms with Gasteiger partial charge in [0.25, 0.3) is 0 Å². The summed E-state index contributed by atoms with van der Waals surface area (Å²) in [7, 11) is 0. The molecule has 0 atom stereocenters. The molecular formula is C16H17N3. The lowest BCUT2D eigenvalue weighted by atomic mass is 10.0. The highest BCUT2D eigenvalue weighted by molar-refractivity contribution is 5.80. The van der Waals surface area contributed by atoms with Crippen molar-refractivity contribution in [1.82, 2.24) is 15.0 Å². The topological polar surface area (TPSA) is 38.7 Å². The van der Waals surface area contributed by atoms with Gasteiger partial charge in [0, 0.05) is 29.7 Å². The van der Waals surface area contributed by atoms with Crippen LogP contribution in [0, 0.1) is 0 Å². The van der Waals surface area contributed by atoms with Crippen molar-refractivity contribution in [2.45, 2.75) is 19.8 Å². The van der Waals surface area contributed by atoms with Crippen LogP contribution in [-0.4, -0.2) is 15.0 Å². The molecule has 3 nitrogen and oxygen atoms in total. The molecule has 3 heteroatoms. The Kier molecular flexibility index (Phi) is 4.56. The zero-order valence-corrected chi connectivity index (χ0v) is 11.1. The SMILES string of the molecule is C=C(c1cnccn1)c1cccnc1C=CCCC. The minimum absolute atomic E-state index is 0.778. The van der Waals surface area contributed by atoms with Crippen molar-refractivity contribution in [1.29, 1.82) is 0 Å². The number of pyridine rings is 1. The molecule has 0 saturated carbocycles. The summed E-state index contributed by atoms with van der Waals surface area (Å²) in [6, 6.07) is 3.92. The largest absolute Gasteiger partial charge is 0.261 e. The number of aromatic nitrogens is 3. The third kappa shape index (κ3) is 3.35. The van der Waals surface area contributed by atoms with Gasteiger partial charge in [-0.2, -0.15) is 0 Å². The van der Waals surface area contributed by atoms with E-state index in [4.69, 9.17) is 0 Å². The summed E-state index contributed by atoms with van der Waals surface area (Å²) in [5.74, 6) is 0. The van der Waals surface area contributed by atoms with Gasteiger partial charge in [0.05, 0.1) is 17.6 Å². The molecule has 2 rings (SSSR count). The van der Waals surface area contributed by atoms with Crippen LogP contribution in [-0.2, 0) is 0 Å². The van der Waals surface area contributed by atoms with Crippen LogP contribution >= 0.6 is 0 Å². The van der Waals surface area contributed by atoms with Gasteiger partial charge in [-0.15, -0.1) is 0 Å². The van der Waals surface area contributed by atoms with Crippen LogP contribution in [0.2, 0.25) is 0 Å². The van der Waals surface area contributed by atoms with Crippen LogP contribution in [0.5, 0.6) is 0 Å². The summed E-state index contributed by atoms with van der Waals surface area (Å²) >= 11 is 0. The van der Waals surface area contributed by atoms with E-state index >= 15 is 0 Å². The lowest BCUT2D eigenvalue weighted by Crippen LogP contribution is -1.95. The molecule has 0 N–H and O–H groups in total. The first-order valence-corrected chi connectivity index (χ1v) is 6.40. The number of rotatable bonds is 5. The van der Waals surface area contributed by atoms with E-state index < -0.39 is 0 Å². The van der Waals surface area contributed by atoms with Crippen LogP contribution in [0.1, 0.15) is 36.7 Å². The fourth-order valence-corrected chi connectivity index (χ4v) is 1.76. The predicted octanol–water partition coefficient (Wildman–Crippen LogP) is 3.75. The van der Waals surface area contributed by atoms with Gasteiger partial charge in [-0.1, -0.05) is 32.1 Å². The monoisotopic (exact) mass is 251 g/mol. The molecule has 2 heterocycles. The summed E-state index contributed by atoms with van der Waals surface area (Å²) in [6.07, 6.45) is 13.2. The predicted molar refractivity (Wildman–Crippen MR) is 78.3 cm³/mol. The fraction of sp³-hybridized carbons (Fsp3) is 0.188. The maximum Gasteiger partial charge on any atom is 0.0886 e. The molecule has 2 aromatic rings. The fourth-order valence-electron chi connectivity index (χ4n) is 1.76. The summed E-state index contributed by atoms with van der Waals surface area (Å²) in [4.78, 5) is 12.8. The first-order chi connectivity index (χ1) is 9.33. The molecule has 0 unspecified atom stereocenters. The van der Waals surface area contributed by atoms with Crippen LogP contribution in [0.3, 0.4) is 0 Å². The average Bonchev–Trinajstić information content (AvgIpc) is 2.48. The lowest BCUT2D eigenvalue weighted by molar-refractivity contribution is 0.961. The lowest BCUT2D eigenvalue weighted by Gasteiger charge is -2.07. The molecule has 0 aromatic carbocycles. The van der Waals surface area contributed by atoms with Gasteiger partial charge in [-0.05, 0) is 18.6 Å². The molecule has 2 aromatic heterocycles. The van der Waals surface area contributed by atoms with Crippen LogP contribution < -0.4 is 0 Å². The highest BCUT2D eigenvalue weighted by Crippen LogP contribution is 2.22. The Morgan fingerprint density at radius 3 is 2.89 bits per heavy atom. The van der Waals surface area contributed by atoms with Crippen molar-refractivity contribution in [2.75, 3.05) is 0 Å². The van der Waals surface area contributed by atoms with Crippen LogP contribution in [0.15, 0.2) is 49.6 Å². The summed E-state index contributed by atoms with van der Waals surface area (Å²) in [6.45, 7) is 6.26. The van der Waals surface area contributed by atoms with Gasteiger partial charge in [0.2, 0.25) is 0 Å². The molecule has 19 heavy (non-hydrogen) atoms. The molecule has 0 bridgehead atoms. The third-order valence-electron chi connectivity index (χ3n) is 2.77. The highest BCUT2D eigenvalue weighted by atomic mass is 14.8. The van der Waals surface area contributed by atoms with E-state index in [0.717, 1.165) is 35.4 Å². The minimum atomic E-state index is 0.778. The molecular weight excluding hydrogens is 234 g/mol. The van der Waals surface area contributed by atoms with Gasteiger partial charge in [-0.25, -0.2) is 0 Å². The Balaban J connectivity index is 2.32. The Labute approximate surface area is 113 Å². The molecule has 0 amide bonds. The number of nitrogens with zero attached hydrogens (tertiary/aromatic N) is 3. The summed E-state index contributed by atoms with van der Waals surface area (Å²) in [5, 5.41) is 0. The number of hydrogen-bond donors (Lipinski definition) is 0. The quantitative estimate of drug-likeness (QED) is 0.812. The van der Waals surface area contributed by atoms with Gasteiger partial charge in [0.15, 0.2) is 0 Å². The Morgan fingerprint density at radius 2 is 2.16 bits per heavy atom. The number of hydrogen-bond acceptors (Lipinski definition) is 3.